The molecule has 0 unspecified atom stereocenters. The van der Waals surface area contributed by atoms with Crippen molar-refractivity contribution in [2.75, 3.05) is 20.3 Å². The number of carbonyl (C=O) groups excluding carboxylic acids is 1. The minimum absolute atomic E-state index is 0.0966. The number of aliphatic carboxylic acids is 1. The highest BCUT2D eigenvalue weighted by molar-refractivity contribution is 5.97. The van der Waals surface area contributed by atoms with Gasteiger partial charge < -0.3 is 19.9 Å². The Morgan fingerprint density at radius 1 is 1.27 bits per heavy atom. The van der Waals surface area contributed by atoms with Crippen LogP contribution in [0.4, 0.5) is 0 Å². The van der Waals surface area contributed by atoms with Crippen molar-refractivity contribution >= 4 is 11.9 Å². The fourth-order valence-corrected chi connectivity index (χ4v) is 2.62. The largest absolute Gasteiger partial charge is 0.490 e. The summed E-state index contributed by atoms with van der Waals surface area (Å²) in [6, 6.07) is 6.91. The smallest absolute Gasteiger partial charge is 0.306 e. The zero-order valence-corrected chi connectivity index (χ0v) is 12.6. The molecule has 2 atom stereocenters. The maximum atomic E-state index is 12.4. The average Bonchev–Trinajstić information content (AvgIpc) is 2.97. The molecule has 1 fully saturated rings. The van der Waals surface area contributed by atoms with E-state index in [4.69, 9.17) is 14.6 Å². The number of carboxylic acids is 1. The molecule has 0 radical (unpaired) electrons. The minimum Gasteiger partial charge on any atom is -0.490 e. The van der Waals surface area contributed by atoms with E-state index in [0.29, 0.717) is 43.8 Å². The van der Waals surface area contributed by atoms with Gasteiger partial charge in [0.15, 0.2) is 0 Å². The van der Waals surface area contributed by atoms with Crippen LogP contribution in [-0.4, -0.2) is 43.3 Å². The standard InChI is InChI=1S/C16H21NO5/c1-21-8-9-22-14-5-3-2-4-13(14)15(18)17-12-7-6-11(10-12)16(19)20/h2-5,11-12H,6-10H2,1H3,(H,17,18)(H,19,20)/t11-,12+/m1/s1. The summed E-state index contributed by atoms with van der Waals surface area (Å²) < 4.78 is 10.5. The fourth-order valence-electron chi connectivity index (χ4n) is 2.62. The molecule has 1 aromatic carbocycles. The summed E-state index contributed by atoms with van der Waals surface area (Å²) in [7, 11) is 1.58. The molecule has 0 spiro atoms. The summed E-state index contributed by atoms with van der Waals surface area (Å²) in [4.78, 5) is 23.3. The Labute approximate surface area is 129 Å². The van der Waals surface area contributed by atoms with Gasteiger partial charge in [-0.3, -0.25) is 9.59 Å². The number of hydrogen-bond donors (Lipinski definition) is 2. The van der Waals surface area contributed by atoms with E-state index in [1.165, 1.54) is 0 Å². The Morgan fingerprint density at radius 2 is 2.05 bits per heavy atom. The van der Waals surface area contributed by atoms with E-state index < -0.39 is 5.97 Å². The molecule has 6 heteroatoms. The monoisotopic (exact) mass is 307 g/mol. The second-order valence-electron chi connectivity index (χ2n) is 5.36. The number of methoxy groups -OCH3 is 1. The first kappa shape index (κ1) is 16.3. The third-order valence-corrected chi connectivity index (χ3v) is 3.79. The SMILES string of the molecule is COCCOc1ccccc1C(=O)N[C@H]1CC[C@@H](C(=O)O)C1. The lowest BCUT2D eigenvalue weighted by Crippen LogP contribution is -2.33. The summed E-state index contributed by atoms with van der Waals surface area (Å²) >= 11 is 0. The van der Waals surface area contributed by atoms with Gasteiger partial charge in [0.05, 0.1) is 18.1 Å². The number of nitrogens with one attached hydrogen (secondary N) is 1. The number of amides is 1. The van der Waals surface area contributed by atoms with Crippen molar-refractivity contribution in [2.45, 2.75) is 25.3 Å². The lowest BCUT2D eigenvalue weighted by Gasteiger charge is -2.15. The topological polar surface area (TPSA) is 84.9 Å². The second-order valence-corrected chi connectivity index (χ2v) is 5.36. The number of carboxylic acid groups (broad SMARTS) is 1. The summed E-state index contributed by atoms with van der Waals surface area (Å²) in [5.41, 5.74) is 0.456. The molecule has 6 nitrogen and oxygen atoms in total. The van der Waals surface area contributed by atoms with Gasteiger partial charge in [0.25, 0.3) is 5.91 Å². The van der Waals surface area contributed by atoms with Crippen LogP contribution in [0.1, 0.15) is 29.6 Å². The van der Waals surface area contributed by atoms with Crippen LogP contribution in [0, 0.1) is 5.92 Å². The van der Waals surface area contributed by atoms with Crippen molar-refractivity contribution < 1.29 is 24.2 Å². The third kappa shape index (κ3) is 4.21. The summed E-state index contributed by atoms with van der Waals surface area (Å²) in [5.74, 6) is -0.882. The van der Waals surface area contributed by atoms with Crippen molar-refractivity contribution in [1.29, 1.82) is 0 Å². The quantitative estimate of drug-likeness (QED) is 0.749. The van der Waals surface area contributed by atoms with Crippen LogP contribution in [0.25, 0.3) is 0 Å². The molecular formula is C16H21NO5. The first-order chi connectivity index (χ1) is 10.6. The van der Waals surface area contributed by atoms with Crippen LogP contribution in [0.5, 0.6) is 5.75 Å². The summed E-state index contributed by atoms with van der Waals surface area (Å²) in [5, 5.41) is 11.9. The zero-order chi connectivity index (χ0) is 15.9. The van der Waals surface area contributed by atoms with Crippen LogP contribution in [0.2, 0.25) is 0 Å². The lowest BCUT2D eigenvalue weighted by molar-refractivity contribution is -0.141. The van der Waals surface area contributed by atoms with E-state index in [9.17, 15) is 9.59 Å². The zero-order valence-electron chi connectivity index (χ0n) is 12.6. The number of ether oxygens (including phenoxy) is 2. The van der Waals surface area contributed by atoms with Gasteiger partial charge in [-0.05, 0) is 31.4 Å². The van der Waals surface area contributed by atoms with Crippen molar-refractivity contribution in [1.82, 2.24) is 5.32 Å². The van der Waals surface area contributed by atoms with Crippen LogP contribution in [-0.2, 0) is 9.53 Å². The molecule has 1 aliphatic rings. The lowest BCUT2D eigenvalue weighted by atomic mass is 10.1. The van der Waals surface area contributed by atoms with Crippen LogP contribution >= 0.6 is 0 Å². The fraction of sp³-hybridized carbons (Fsp3) is 0.500. The number of carbonyl (C=O) groups is 2. The van der Waals surface area contributed by atoms with Gasteiger partial charge in [-0.15, -0.1) is 0 Å². The Kier molecular flexibility index (Phi) is 5.77. The molecule has 1 amide bonds. The number of hydrogen-bond acceptors (Lipinski definition) is 4. The molecule has 0 aliphatic heterocycles. The van der Waals surface area contributed by atoms with E-state index >= 15 is 0 Å². The molecule has 1 saturated carbocycles. The predicted molar refractivity (Wildman–Crippen MR) is 80.0 cm³/mol. The van der Waals surface area contributed by atoms with E-state index in [0.717, 1.165) is 0 Å². The van der Waals surface area contributed by atoms with Crippen molar-refractivity contribution in [3.63, 3.8) is 0 Å². The third-order valence-electron chi connectivity index (χ3n) is 3.79. The maximum Gasteiger partial charge on any atom is 0.306 e. The highest BCUT2D eigenvalue weighted by Gasteiger charge is 2.31. The molecular weight excluding hydrogens is 286 g/mol. The Bertz CT molecular complexity index is 531. The molecule has 0 bridgehead atoms. The van der Waals surface area contributed by atoms with Crippen molar-refractivity contribution in [3.8, 4) is 5.75 Å². The van der Waals surface area contributed by atoms with Gasteiger partial charge in [0, 0.05) is 13.2 Å². The van der Waals surface area contributed by atoms with Gasteiger partial charge in [0.2, 0.25) is 0 Å². The Morgan fingerprint density at radius 3 is 2.73 bits per heavy atom. The molecule has 22 heavy (non-hydrogen) atoms. The van der Waals surface area contributed by atoms with Gasteiger partial charge in [-0.25, -0.2) is 0 Å². The first-order valence-electron chi connectivity index (χ1n) is 7.36. The Hall–Kier alpha value is -2.08. The number of rotatable bonds is 7. The molecule has 120 valence electrons. The summed E-state index contributed by atoms with van der Waals surface area (Å²) in [6.07, 6.45) is 1.77. The minimum atomic E-state index is -0.792. The highest BCUT2D eigenvalue weighted by Crippen LogP contribution is 2.26. The van der Waals surface area contributed by atoms with Gasteiger partial charge in [0.1, 0.15) is 12.4 Å². The summed E-state index contributed by atoms with van der Waals surface area (Å²) in [6.45, 7) is 0.810. The molecule has 1 aliphatic carbocycles. The number of benzene rings is 1. The molecule has 2 N–H and O–H groups in total. The molecule has 0 saturated heterocycles. The van der Waals surface area contributed by atoms with Gasteiger partial charge in [-0.2, -0.15) is 0 Å². The molecule has 0 heterocycles. The van der Waals surface area contributed by atoms with Crippen LogP contribution < -0.4 is 10.1 Å². The molecule has 1 aromatic rings. The van der Waals surface area contributed by atoms with E-state index in [1.54, 1.807) is 31.4 Å². The molecule has 0 aromatic heterocycles. The highest BCUT2D eigenvalue weighted by atomic mass is 16.5. The van der Waals surface area contributed by atoms with Gasteiger partial charge >= 0.3 is 5.97 Å². The van der Waals surface area contributed by atoms with E-state index in [-0.39, 0.29) is 17.9 Å². The normalized spacial score (nSPS) is 20.6. The van der Waals surface area contributed by atoms with Gasteiger partial charge in [-0.1, -0.05) is 12.1 Å². The van der Waals surface area contributed by atoms with E-state index in [1.807, 2.05) is 0 Å². The van der Waals surface area contributed by atoms with Crippen molar-refractivity contribution in [2.24, 2.45) is 5.92 Å². The van der Waals surface area contributed by atoms with Crippen molar-refractivity contribution in [3.05, 3.63) is 29.8 Å². The Balaban J connectivity index is 1.96. The van der Waals surface area contributed by atoms with Crippen LogP contribution in [0.3, 0.4) is 0 Å². The average molecular weight is 307 g/mol. The molecule has 2 rings (SSSR count). The maximum absolute atomic E-state index is 12.4. The van der Waals surface area contributed by atoms with E-state index in [2.05, 4.69) is 5.32 Å². The number of para-hydroxylation sites is 1. The van der Waals surface area contributed by atoms with Crippen LogP contribution in [0.15, 0.2) is 24.3 Å². The second kappa shape index (κ2) is 7.79. The predicted octanol–water partition coefficient (Wildman–Crippen LogP) is 1.69. The first-order valence-corrected chi connectivity index (χ1v) is 7.36.